The normalized spacial score (nSPS) is 50.6. The number of carbonyl (C=O) groups excluding carboxylic acids is 1. The molecule has 2 nitrogen and oxygen atoms in total. The van der Waals surface area contributed by atoms with Gasteiger partial charge >= 0.3 is 0 Å². The lowest BCUT2D eigenvalue weighted by molar-refractivity contribution is -0.152. The SMILES string of the molecule is CC12CCC3C(CCC4(C)CCCCC34C)C1CCC2CCCC(N)=O. The second-order valence-corrected chi connectivity index (χ2v) is 11.3. The quantitative estimate of drug-likeness (QED) is 0.649. The predicted octanol–water partition coefficient (Wildman–Crippen LogP) is 6.08. The highest BCUT2D eigenvalue weighted by Gasteiger charge is 2.62. The number of primary amides is 1. The first-order chi connectivity index (χ1) is 12.3. The van der Waals surface area contributed by atoms with E-state index in [9.17, 15) is 4.79 Å². The number of rotatable bonds is 4. The Labute approximate surface area is 161 Å². The summed E-state index contributed by atoms with van der Waals surface area (Å²) in [6.07, 6.45) is 17.4. The van der Waals surface area contributed by atoms with Gasteiger partial charge in [-0.3, -0.25) is 4.79 Å². The minimum Gasteiger partial charge on any atom is -0.370 e. The fourth-order valence-electron chi connectivity index (χ4n) is 8.71. The molecule has 4 saturated carbocycles. The molecule has 0 aromatic heterocycles. The number of fused-ring (bicyclic) bond motifs is 5. The van der Waals surface area contributed by atoms with Crippen molar-refractivity contribution in [2.45, 2.75) is 104 Å². The van der Waals surface area contributed by atoms with Gasteiger partial charge in [0.05, 0.1) is 0 Å². The summed E-state index contributed by atoms with van der Waals surface area (Å²) in [7, 11) is 0. The van der Waals surface area contributed by atoms with Crippen LogP contribution in [0.4, 0.5) is 0 Å². The van der Waals surface area contributed by atoms with Crippen molar-refractivity contribution in [2.75, 3.05) is 0 Å². The molecule has 0 aromatic rings. The van der Waals surface area contributed by atoms with Crippen molar-refractivity contribution in [3.05, 3.63) is 0 Å². The topological polar surface area (TPSA) is 43.1 Å². The maximum absolute atomic E-state index is 11.1. The first-order valence-electron chi connectivity index (χ1n) is 11.6. The standard InChI is InChI=1S/C24H41NO/c1-22-13-4-5-14-24(22,3)20-12-16-23(2)17(7-6-8-21(25)26)9-10-19(23)18(20)11-15-22/h17-20H,4-16H2,1-3H3,(H2,25,26). The number of amides is 1. The zero-order valence-electron chi connectivity index (χ0n) is 17.5. The van der Waals surface area contributed by atoms with E-state index in [1.807, 2.05) is 0 Å². The van der Waals surface area contributed by atoms with E-state index in [1.54, 1.807) is 0 Å². The lowest BCUT2D eigenvalue weighted by Gasteiger charge is -2.64. The molecule has 0 aliphatic heterocycles. The van der Waals surface area contributed by atoms with Crippen LogP contribution in [0.3, 0.4) is 0 Å². The minimum atomic E-state index is -0.120. The molecule has 0 radical (unpaired) electrons. The molecule has 0 bridgehead atoms. The third-order valence-corrected chi connectivity index (χ3v) is 10.5. The number of nitrogens with two attached hydrogens (primary N) is 1. The zero-order chi connectivity index (χ0) is 18.6. The first-order valence-corrected chi connectivity index (χ1v) is 11.6. The third-order valence-electron chi connectivity index (χ3n) is 10.5. The van der Waals surface area contributed by atoms with Crippen LogP contribution < -0.4 is 5.73 Å². The van der Waals surface area contributed by atoms with Gasteiger partial charge in [-0.1, -0.05) is 33.6 Å². The van der Waals surface area contributed by atoms with Gasteiger partial charge in [0.25, 0.3) is 0 Å². The molecular weight excluding hydrogens is 318 g/mol. The molecule has 26 heavy (non-hydrogen) atoms. The van der Waals surface area contributed by atoms with Crippen molar-refractivity contribution in [3.63, 3.8) is 0 Å². The highest BCUT2D eigenvalue weighted by Crippen LogP contribution is 2.70. The molecule has 0 aromatic carbocycles. The molecule has 7 unspecified atom stereocenters. The van der Waals surface area contributed by atoms with Crippen molar-refractivity contribution < 1.29 is 4.79 Å². The number of hydrogen-bond donors (Lipinski definition) is 1. The average Bonchev–Trinajstić information content (AvgIpc) is 2.92. The van der Waals surface area contributed by atoms with E-state index in [0.29, 0.717) is 22.7 Å². The molecule has 2 heteroatoms. The van der Waals surface area contributed by atoms with Crippen molar-refractivity contribution in [2.24, 2.45) is 45.7 Å². The van der Waals surface area contributed by atoms with E-state index in [1.165, 1.54) is 70.6 Å². The highest BCUT2D eigenvalue weighted by molar-refractivity contribution is 5.73. The molecule has 4 fully saturated rings. The average molecular weight is 360 g/mol. The lowest BCUT2D eigenvalue weighted by Crippen LogP contribution is -2.56. The second-order valence-electron chi connectivity index (χ2n) is 11.3. The molecule has 4 rings (SSSR count). The van der Waals surface area contributed by atoms with Gasteiger partial charge in [-0.15, -0.1) is 0 Å². The Morgan fingerprint density at radius 3 is 2.46 bits per heavy atom. The largest absolute Gasteiger partial charge is 0.370 e. The van der Waals surface area contributed by atoms with Gasteiger partial charge in [0.2, 0.25) is 5.91 Å². The maximum Gasteiger partial charge on any atom is 0.217 e. The van der Waals surface area contributed by atoms with Gasteiger partial charge < -0.3 is 5.73 Å². The van der Waals surface area contributed by atoms with Crippen molar-refractivity contribution in [1.29, 1.82) is 0 Å². The molecule has 7 atom stereocenters. The minimum absolute atomic E-state index is 0.120. The van der Waals surface area contributed by atoms with Crippen LogP contribution in [-0.4, -0.2) is 5.91 Å². The van der Waals surface area contributed by atoms with E-state index in [2.05, 4.69) is 20.8 Å². The Hall–Kier alpha value is -0.530. The molecular formula is C24H41NO. The van der Waals surface area contributed by atoms with E-state index in [4.69, 9.17) is 5.73 Å². The molecule has 4 aliphatic rings. The molecule has 0 heterocycles. The Kier molecular flexibility index (Phi) is 4.72. The summed E-state index contributed by atoms with van der Waals surface area (Å²) >= 11 is 0. The second kappa shape index (κ2) is 6.52. The summed E-state index contributed by atoms with van der Waals surface area (Å²) < 4.78 is 0. The monoisotopic (exact) mass is 359 g/mol. The molecule has 1 amide bonds. The van der Waals surface area contributed by atoms with Gasteiger partial charge in [-0.25, -0.2) is 0 Å². The first kappa shape index (κ1) is 18.8. The smallest absolute Gasteiger partial charge is 0.217 e. The van der Waals surface area contributed by atoms with Crippen LogP contribution in [-0.2, 0) is 4.79 Å². The van der Waals surface area contributed by atoms with E-state index in [0.717, 1.165) is 30.1 Å². The van der Waals surface area contributed by atoms with Crippen LogP contribution in [0.15, 0.2) is 0 Å². The van der Waals surface area contributed by atoms with Gasteiger partial charge in [-0.05, 0) is 104 Å². The molecule has 148 valence electrons. The Morgan fingerprint density at radius 2 is 1.69 bits per heavy atom. The molecule has 0 saturated heterocycles. The summed E-state index contributed by atoms with van der Waals surface area (Å²) in [6, 6.07) is 0. The zero-order valence-corrected chi connectivity index (χ0v) is 17.5. The van der Waals surface area contributed by atoms with Crippen LogP contribution in [0.25, 0.3) is 0 Å². The van der Waals surface area contributed by atoms with E-state index < -0.39 is 0 Å². The van der Waals surface area contributed by atoms with Crippen LogP contribution in [0, 0.1) is 39.9 Å². The summed E-state index contributed by atoms with van der Waals surface area (Å²) in [6.45, 7) is 7.94. The van der Waals surface area contributed by atoms with E-state index in [-0.39, 0.29) is 5.91 Å². The molecule has 0 spiro atoms. The van der Waals surface area contributed by atoms with Crippen LogP contribution >= 0.6 is 0 Å². The van der Waals surface area contributed by atoms with Gasteiger partial charge in [0, 0.05) is 6.42 Å². The fraction of sp³-hybridized carbons (Fsp3) is 0.958. The van der Waals surface area contributed by atoms with Crippen LogP contribution in [0.5, 0.6) is 0 Å². The van der Waals surface area contributed by atoms with Crippen LogP contribution in [0.2, 0.25) is 0 Å². The van der Waals surface area contributed by atoms with Gasteiger partial charge in [-0.2, -0.15) is 0 Å². The van der Waals surface area contributed by atoms with E-state index >= 15 is 0 Å². The Balaban J connectivity index is 1.51. The summed E-state index contributed by atoms with van der Waals surface area (Å²) in [4.78, 5) is 11.1. The number of carbonyl (C=O) groups is 1. The Morgan fingerprint density at radius 1 is 0.923 bits per heavy atom. The predicted molar refractivity (Wildman–Crippen MR) is 107 cm³/mol. The van der Waals surface area contributed by atoms with Crippen molar-refractivity contribution >= 4 is 5.91 Å². The van der Waals surface area contributed by atoms with Crippen LogP contribution in [0.1, 0.15) is 104 Å². The van der Waals surface area contributed by atoms with Gasteiger partial charge in [0.1, 0.15) is 0 Å². The molecule has 4 aliphatic carbocycles. The third kappa shape index (κ3) is 2.68. The maximum atomic E-state index is 11.1. The van der Waals surface area contributed by atoms with Gasteiger partial charge in [0.15, 0.2) is 0 Å². The fourth-order valence-corrected chi connectivity index (χ4v) is 8.71. The van der Waals surface area contributed by atoms with Crippen molar-refractivity contribution in [3.8, 4) is 0 Å². The molecule has 2 N–H and O–H groups in total. The summed E-state index contributed by atoms with van der Waals surface area (Å²) in [5.41, 5.74) is 7.13. The Bertz CT molecular complexity index is 558. The number of hydrogen-bond acceptors (Lipinski definition) is 1. The highest BCUT2D eigenvalue weighted by atomic mass is 16.1. The summed E-state index contributed by atoms with van der Waals surface area (Å²) in [5, 5.41) is 0. The van der Waals surface area contributed by atoms with Crippen molar-refractivity contribution in [1.82, 2.24) is 0 Å². The lowest BCUT2D eigenvalue weighted by atomic mass is 9.40. The summed E-state index contributed by atoms with van der Waals surface area (Å²) in [5.74, 6) is 3.61.